The van der Waals surface area contributed by atoms with E-state index in [0.29, 0.717) is 42.4 Å². The zero-order chi connectivity index (χ0) is 33.1. The number of amides is 1. The molecule has 0 saturated carbocycles. The minimum absolute atomic E-state index is 0.0647. The lowest BCUT2D eigenvalue weighted by Gasteiger charge is -2.35. The molecule has 1 amide bonds. The van der Waals surface area contributed by atoms with E-state index >= 15 is 0 Å². The van der Waals surface area contributed by atoms with Crippen LogP contribution in [0.25, 0.3) is 0 Å². The molecule has 4 rings (SSSR count). The van der Waals surface area contributed by atoms with E-state index in [0.717, 1.165) is 16.7 Å². The van der Waals surface area contributed by atoms with Crippen LogP contribution < -0.4 is 18.9 Å². The highest BCUT2D eigenvalue weighted by Gasteiger charge is 2.41. The molecule has 46 heavy (non-hydrogen) atoms. The normalized spacial score (nSPS) is 14.8. The fourth-order valence-electron chi connectivity index (χ4n) is 5.59. The highest BCUT2D eigenvalue weighted by molar-refractivity contribution is 5.90. The van der Waals surface area contributed by atoms with Gasteiger partial charge in [-0.1, -0.05) is 30.3 Å². The van der Waals surface area contributed by atoms with Crippen molar-refractivity contribution in [1.82, 2.24) is 9.80 Å². The predicted molar refractivity (Wildman–Crippen MR) is 170 cm³/mol. The largest absolute Gasteiger partial charge is 0.497 e. The molecule has 1 fully saturated rings. The maximum Gasteiger partial charge on any atom is 0.328 e. The van der Waals surface area contributed by atoms with E-state index in [4.69, 9.17) is 28.4 Å². The Bertz CT molecular complexity index is 1380. The van der Waals surface area contributed by atoms with E-state index in [2.05, 4.69) is 0 Å². The summed E-state index contributed by atoms with van der Waals surface area (Å²) in [7, 11) is 7.56. The van der Waals surface area contributed by atoms with Crippen molar-refractivity contribution in [3.8, 4) is 23.0 Å². The van der Waals surface area contributed by atoms with Gasteiger partial charge in [-0.05, 0) is 53.8 Å². The van der Waals surface area contributed by atoms with Crippen molar-refractivity contribution < 1.29 is 42.8 Å². The SMILES string of the molecule is COC(=O)[C@@H]1CCCN1C(=O)[C@H](CC(=O)OCc1ccccc1)N(Cc1cc(OC)cc(OC)c1)Cc1cc(OC)cc(OC)c1. The Hall–Kier alpha value is -4.77. The Labute approximate surface area is 269 Å². The Morgan fingerprint density at radius 1 is 0.761 bits per heavy atom. The highest BCUT2D eigenvalue weighted by Crippen LogP contribution is 2.29. The van der Waals surface area contributed by atoms with E-state index in [9.17, 15) is 14.4 Å². The van der Waals surface area contributed by atoms with Gasteiger partial charge in [0.05, 0.1) is 42.0 Å². The first kappa shape index (κ1) is 34.1. The van der Waals surface area contributed by atoms with Gasteiger partial charge in [-0.15, -0.1) is 0 Å². The van der Waals surface area contributed by atoms with Crippen LogP contribution in [0.5, 0.6) is 23.0 Å². The maximum atomic E-state index is 14.5. The topological polar surface area (TPSA) is 113 Å². The third-order valence-corrected chi connectivity index (χ3v) is 7.93. The molecule has 3 aromatic rings. The monoisotopic (exact) mass is 634 g/mol. The van der Waals surface area contributed by atoms with Gasteiger partial charge in [-0.2, -0.15) is 0 Å². The first-order valence-corrected chi connectivity index (χ1v) is 15.0. The van der Waals surface area contributed by atoms with Crippen LogP contribution in [-0.2, 0) is 43.6 Å². The Balaban J connectivity index is 1.75. The molecule has 0 bridgehead atoms. The van der Waals surface area contributed by atoms with Crippen LogP contribution in [0.2, 0.25) is 0 Å². The van der Waals surface area contributed by atoms with E-state index in [-0.39, 0.29) is 32.0 Å². The Kier molecular flexibility index (Phi) is 12.2. The van der Waals surface area contributed by atoms with Crippen LogP contribution in [0.3, 0.4) is 0 Å². The van der Waals surface area contributed by atoms with E-state index < -0.39 is 24.0 Å². The van der Waals surface area contributed by atoms with Gasteiger partial charge in [0.2, 0.25) is 5.91 Å². The molecular formula is C35H42N2O9. The zero-order valence-electron chi connectivity index (χ0n) is 27.0. The van der Waals surface area contributed by atoms with Crippen LogP contribution >= 0.6 is 0 Å². The highest BCUT2D eigenvalue weighted by atomic mass is 16.5. The number of methoxy groups -OCH3 is 5. The summed E-state index contributed by atoms with van der Waals surface area (Å²) in [6.07, 6.45) is 0.860. The summed E-state index contributed by atoms with van der Waals surface area (Å²) in [5.41, 5.74) is 2.40. The number of carbonyl (C=O) groups is 3. The van der Waals surface area contributed by atoms with Crippen LogP contribution in [0, 0.1) is 0 Å². The van der Waals surface area contributed by atoms with Crippen molar-refractivity contribution in [2.45, 2.75) is 51.0 Å². The molecule has 3 aromatic carbocycles. The lowest BCUT2D eigenvalue weighted by atomic mass is 10.0. The molecule has 11 nitrogen and oxygen atoms in total. The van der Waals surface area contributed by atoms with Crippen molar-refractivity contribution in [3.63, 3.8) is 0 Å². The minimum atomic E-state index is -0.997. The summed E-state index contributed by atoms with van der Waals surface area (Å²) in [5.74, 6) is 0.904. The molecule has 1 heterocycles. The molecule has 0 radical (unpaired) electrons. The molecule has 2 atom stereocenters. The van der Waals surface area contributed by atoms with Crippen molar-refractivity contribution >= 4 is 17.8 Å². The number of ether oxygens (including phenoxy) is 6. The Morgan fingerprint density at radius 2 is 1.28 bits per heavy atom. The van der Waals surface area contributed by atoms with E-state index in [1.165, 1.54) is 12.0 Å². The summed E-state index contributed by atoms with van der Waals surface area (Å²) < 4.78 is 32.7. The molecular weight excluding hydrogens is 592 g/mol. The van der Waals surface area contributed by atoms with E-state index in [1.54, 1.807) is 40.6 Å². The molecule has 0 unspecified atom stereocenters. The number of carbonyl (C=O) groups excluding carboxylic acids is 3. The second kappa shape index (κ2) is 16.5. The molecule has 0 N–H and O–H groups in total. The average molecular weight is 635 g/mol. The molecule has 1 aliphatic heterocycles. The van der Waals surface area contributed by atoms with Crippen molar-refractivity contribution in [3.05, 3.63) is 83.4 Å². The second-order valence-electron chi connectivity index (χ2n) is 10.9. The lowest BCUT2D eigenvalue weighted by molar-refractivity contribution is -0.156. The van der Waals surface area contributed by atoms with Gasteiger partial charge in [0.1, 0.15) is 41.7 Å². The summed E-state index contributed by atoms with van der Waals surface area (Å²) in [6.45, 7) is 0.885. The third kappa shape index (κ3) is 8.91. The lowest BCUT2D eigenvalue weighted by Crippen LogP contribution is -2.52. The predicted octanol–water partition coefficient (Wildman–Crippen LogP) is 4.39. The first-order chi connectivity index (χ1) is 22.3. The summed E-state index contributed by atoms with van der Waals surface area (Å²) in [4.78, 5) is 44.0. The molecule has 11 heteroatoms. The van der Waals surface area contributed by atoms with Gasteiger partial charge in [-0.25, -0.2) is 4.79 Å². The van der Waals surface area contributed by atoms with Crippen LogP contribution in [0.1, 0.15) is 36.0 Å². The second-order valence-corrected chi connectivity index (χ2v) is 10.9. The van der Waals surface area contributed by atoms with Crippen LogP contribution in [-0.4, -0.2) is 81.8 Å². The van der Waals surface area contributed by atoms with Gasteiger partial charge in [0.25, 0.3) is 0 Å². The van der Waals surface area contributed by atoms with Gasteiger partial charge in [0, 0.05) is 31.8 Å². The molecule has 0 aliphatic carbocycles. The molecule has 246 valence electrons. The standard InChI is InChI=1S/C35H42N2O9/c1-41-27-14-25(15-28(18-27)42-2)21-36(22-26-16-29(43-3)19-30(17-26)44-4)32(20-33(38)46-23-24-10-7-6-8-11-24)34(39)37-13-9-12-31(37)35(40)45-5/h6-8,10-11,14-19,31-32H,9,12-13,20-23H2,1-5H3/t31-,32-/m0/s1. The first-order valence-electron chi connectivity index (χ1n) is 15.0. The average Bonchev–Trinajstić information content (AvgIpc) is 3.59. The van der Waals surface area contributed by atoms with Crippen LogP contribution in [0.4, 0.5) is 0 Å². The summed E-state index contributed by atoms with van der Waals surface area (Å²) in [6, 6.07) is 18.5. The Morgan fingerprint density at radius 3 is 1.76 bits per heavy atom. The maximum absolute atomic E-state index is 14.5. The number of rotatable bonds is 15. The quantitative estimate of drug-likeness (QED) is 0.223. The van der Waals surface area contributed by atoms with Crippen molar-refractivity contribution in [2.24, 2.45) is 0 Å². The number of benzene rings is 3. The molecule has 0 aromatic heterocycles. The number of hydrogen-bond donors (Lipinski definition) is 0. The van der Waals surface area contributed by atoms with Crippen LogP contribution in [0.15, 0.2) is 66.7 Å². The molecule has 1 saturated heterocycles. The van der Waals surface area contributed by atoms with Crippen molar-refractivity contribution in [1.29, 1.82) is 0 Å². The number of esters is 2. The summed E-state index contributed by atoms with van der Waals surface area (Å²) in [5, 5.41) is 0. The number of nitrogens with zero attached hydrogens (tertiary/aromatic N) is 2. The molecule has 0 spiro atoms. The fraction of sp³-hybridized carbons (Fsp3) is 0.400. The smallest absolute Gasteiger partial charge is 0.328 e. The van der Waals surface area contributed by atoms with Gasteiger partial charge < -0.3 is 33.3 Å². The fourth-order valence-corrected chi connectivity index (χ4v) is 5.59. The van der Waals surface area contributed by atoms with Gasteiger partial charge >= 0.3 is 11.9 Å². The minimum Gasteiger partial charge on any atom is -0.497 e. The number of hydrogen-bond acceptors (Lipinski definition) is 10. The zero-order valence-corrected chi connectivity index (χ0v) is 27.0. The summed E-state index contributed by atoms with van der Waals surface area (Å²) >= 11 is 0. The molecule has 1 aliphatic rings. The van der Waals surface area contributed by atoms with Crippen molar-refractivity contribution in [2.75, 3.05) is 42.1 Å². The van der Waals surface area contributed by atoms with Gasteiger partial charge in [-0.3, -0.25) is 14.5 Å². The third-order valence-electron chi connectivity index (χ3n) is 7.93. The van der Waals surface area contributed by atoms with Gasteiger partial charge in [0.15, 0.2) is 0 Å². The van der Waals surface area contributed by atoms with E-state index in [1.807, 2.05) is 59.5 Å². The number of likely N-dealkylation sites (tertiary alicyclic amines) is 1.